The normalized spacial score (nSPS) is 19.3. The zero-order chi connectivity index (χ0) is 23.9. The van der Waals surface area contributed by atoms with Crippen molar-refractivity contribution >= 4 is 21.9 Å². The first-order valence-corrected chi connectivity index (χ1v) is 12.7. The Balaban J connectivity index is 1.54. The van der Waals surface area contributed by atoms with E-state index in [4.69, 9.17) is 9.72 Å². The topological polar surface area (TPSA) is 96.0 Å². The van der Waals surface area contributed by atoms with Gasteiger partial charge in [-0.3, -0.25) is 24.3 Å². The Hall–Kier alpha value is -3.39. The summed E-state index contributed by atoms with van der Waals surface area (Å²) in [6.45, 7) is 5.69. The van der Waals surface area contributed by atoms with Crippen LogP contribution in [0.3, 0.4) is 0 Å². The molecular formula is C27H31N5O3. The molecule has 8 nitrogen and oxygen atoms in total. The minimum absolute atomic E-state index is 0.0117. The van der Waals surface area contributed by atoms with Gasteiger partial charge < -0.3 is 9.72 Å². The zero-order valence-electron chi connectivity index (χ0n) is 20.1. The molecule has 1 saturated heterocycles. The Labute approximate surface area is 202 Å². The maximum absolute atomic E-state index is 13.3. The molecule has 4 heterocycles. The second-order valence-corrected chi connectivity index (χ2v) is 9.96. The number of hydrogen-bond donors (Lipinski definition) is 2. The van der Waals surface area contributed by atoms with E-state index in [1.54, 1.807) is 10.7 Å². The number of nitrogens with one attached hydrogen (secondary N) is 2. The van der Waals surface area contributed by atoms with Crippen LogP contribution in [0.15, 0.2) is 39.9 Å². The standard InChI is InChI=1S/C27H31N5O3/c1-17-8-3-6-13-32-27(34)20-10-7-9-19(23(20)30-32)24-26(33)28-21-14-18(15-22(35-17)25(21)29-24)16-31-11-4-2-5-12-31/h7,9-10,14-15,17,30H,2-6,8,11-13,16H2,1H3,(H,28,33)/t17-/m0/s1. The number of aromatic nitrogens is 4. The third kappa shape index (κ3) is 4.16. The van der Waals surface area contributed by atoms with Gasteiger partial charge in [-0.05, 0) is 75.9 Å². The molecule has 35 heavy (non-hydrogen) atoms. The van der Waals surface area contributed by atoms with Crippen LogP contribution in [0.25, 0.3) is 33.2 Å². The van der Waals surface area contributed by atoms with E-state index in [-0.39, 0.29) is 22.9 Å². The van der Waals surface area contributed by atoms with Crippen molar-refractivity contribution in [1.29, 1.82) is 0 Å². The van der Waals surface area contributed by atoms with Crippen LogP contribution in [0.1, 0.15) is 51.0 Å². The van der Waals surface area contributed by atoms with E-state index in [9.17, 15) is 9.59 Å². The molecule has 0 amide bonds. The monoisotopic (exact) mass is 473 g/mol. The van der Waals surface area contributed by atoms with Crippen LogP contribution >= 0.6 is 0 Å². The minimum atomic E-state index is -0.278. The van der Waals surface area contributed by atoms with Gasteiger partial charge in [0.15, 0.2) is 0 Å². The Kier molecular flexibility index (Phi) is 5.68. The Bertz CT molecular complexity index is 1510. The number of fused-ring (bicyclic) bond motifs is 3. The molecular weight excluding hydrogens is 442 g/mol. The molecule has 2 aliphatic rings. The lowest BCUT2D eigenvalue weighted by atomic mass is 10.1. The number of likely N-dealkylation sites (tertiary alicyclic amines) is 1. The fraction of sp³-hybridized carbons (Fsp3) is 0.444. The van der Waals surface area contributed by atoms with Crippen molar-refractivity contribution in [3.63, 3.8) is 0 Å². The van der Waals surface area contributed by atoms with E-state index in [1.807, 2.05) is 18.2 Å². The zero-order valence-corrected chi connectivity index (χ0v) is 20.1. The number of piperidine rings is 1. The van der Waals surface area contributed by atoms with Crippen LogP contribution in [0.5, 0.6) is 5.75 Å². The van der Waals surface area contributed by atoms with Crippen molar-refractivity contribution in [2.75, 3.05) is 13.1 Å². The largest absolute Gasteiger partial charge is 0.488 e. The highest BCUT2D eigenvalue weighted by atomic mass is 16.5. The molecule has 2 aromatic carbocycles. The van der Waals surface area contributed by atoms with Crippen LogP contribution in [0.4, 0.5) is 0 Å². The molecule has 0 saturated carbocycles. The summed E-state index contributed by atoms with van der Waals surface area (Å²) in [6, 6.07) is 9.56. The fourth-order valence-corrected chi connectivity index (χ4v) is 5.47. The third-order valence-corrected chi connectivity index (χ3v) is 7.29. The van der Waals surface area contributed by atoms with Crippen LogP contribution in [-0.2, 0) is 13.1 Å². The van der Waals surface area contributed by atoms with Gasteiger partial charge in [-0.15, -0.1) is 0 Å². The first kappa shape index (κ1) is 22.1. The molecule has 0 radical (unpaired) electrons. The van der Waals surface area contributed by atoms with E-state index in [0.717, 1.165) is 44.5 Å². The highest BCUT2D eigenvalue weighted by Gasteiger charge is 2.20. The summed E-state index contributed by atoms with van der Waals surface area (Å²) in [4.78, 5) is 36.6. The average molecular weight is 474 g/mol. The van der Waals surface area contributed by atoms with Gasteiger partial charge in [-0.25, -0.2) is 4.98 Å². The number of ether oxygens (including phenoxy) is 1. The van der Waals surface area contributed by atoms with Crippen LogP contribution in [0.2, 0.25) is 0 Å². The van der Waals surface area contributed by atoms with Crippen molar-refractivity contribution in [3.8, 4) is 17.0 Å². The number of para-hydroxylation sites is 1. The van der Waals surface area contributed by atoms with E-state index in [2.05, 4.69) is 28.0 Å². The minimum Gasteiger partial charge on any atom is -0.488 e. The van der Waals surface area contributed by atoms with Gasteiger partial charge in [0.2, 0.25) is 0 Å². The molecule has 4 bridgehead atoms. The number of nitrogens with zero attached hydrogens (tertiary/aromatic N) is 3. The Morgan fingerprint density at radius 2 is 1.89 bits per heavy atom. The van der Waals surface area contributed by atoms with Gasteiger partial charge >= 0.3 is 0 Å². The lowest BCUT2D eigenvalue weighted by Gasteiger charge is -2.27. The summed E-state index contributed by atoms with van der Waals surface area (Å²) in [5.74, 6) is 0.704. The van der Waals surface area contributed by atoms with Crippen LogP contribution in [-0.4, -0.2) is 43.8 Å². The van der Waals surface area contributed by atoms with E-state index < -0.39 is 0 Å². The molecule has 1 atom stereocenters. The van der Waals surface area contributed by atoms with Crippen molar-refractivity contribution in [2.45, 2.75) is 64.6 Å². The number of benzene rings is 2. The lowest BCUT2D eigenvalue weighted by Crippen LogP contribution is -2.29. The van der Waals surface area contributed by atoms with E-state index >= 15 is 0 Å². The van der Waals surface area contributed by atoms with Crippen molar-refractivity contribution in [2.24, 2.45) is 0 Å². The van der Waals surface area contributed by atoms with Crippen molar-refractivity contribution < 1.29 is 4.74 Å². The third-order valence-electron chi connectivity index (χ3n) is 7.29. The Morgan fingerprint density at radius 1 is 1.06 bits per heavy atom. The second kappa shape index (κ2) is 9.00. The molecule has 0 aliphatic carbocycles. The summed E-state index contributed by atoms with van der Waals surface area (Å²) < 4.78 is 8.08. The highest BCUT2D eigenvalue weighted by Crippen LogP contribution is 2.30. The predicted molar refractivity (Wildman–Crippen MR) is 137 cm³/mol. The van der Waals surface area contributed by atoms with Gasteiger partial charge in [0.25, 0.3) is 11.1 Å². The van der Waals surface area contributed by atoms with E-state index in [0.29, 0.717) is 39.8 Å². The summed E-state index contributed by atoms with van der Waals surface area (Å²) in [6.07, 6.45) is 6.41. The smallest absolute Gasteiger partial charge is 0.275 e. The molecule has 2 aromatic heterocycles. The molecule has 6 rings (SSSR count). The lowest BCUT2D eigenvalue weighted by molar-refractivity contribution is 0.205. The molecule has 1 fully saturated rings. The highest BCUT2D eigenvalue weighted by molar-refractivity contribution is 5.93. The summed E-state index contributed by atoms with van der Waals surface area (Å²) in [7, 11) is 0. The summed E-state index contributed by atoms with van der Waals surface area (Å²) >= 11 is 0. The SMILES string of the molecule is C[C@H]1CCCCn2[nH]c3c(cccc3c2=O)-c2nc3c(cc(CN4CCCCC4)cc3[nH]c2=O)O1. The maximum Gasteiger partial charge on any atom is 0.275 e. The van der Waals surface area contributed by atoms with Crippen LogP contribution in [0, 0.1) is 0 Å². The number of hydrogen-bond acceptors (Lipinski definition) is 5. The second-order valence-electron chi connectivity index (χ2n) is 9.96. The molecule has 182 valence electrons. The fourth-order valence-electron chi connectivity index (χ4n) is 5.47. The van der Waals surface area contributed by atoms with Gasteiger partial charge in [-0.1, -0.05) is 18.6 Å². The first-order valence-electron chi connectivity index (χ1n) is 12.7. The maximum atomic E-state index is 13.3. The van der Waals surface area contributed by atoms with Gasteiger partial charge in [0, 0.05) is 18.7 Å². The average Bonchev–Trinajstić information content (AvgIpc) is 3.17. The Morgan fingerprint density at radius 3 is 2.74 bits per heavy atom. The number of H-pyrrole nitrogens is 2. The molecule has 8 heteroatoms. The van der Waals surface area contributed by atoms with Gasteiger partial charge in [0.1, 0.15) is 17.0 Å². The van der Waals surface area contributed by atoms with Gasteiger partial charge in [0.05, 0.1) is 22.5 Å². The number of aryl methyl sites for hydroxylation is 1. The molecule has 0 unspecified atom stereocenters. The molecule has 0 spiro atoms. The molecule has 2 aliphatic heterocycles. The molecule has 4 aromatic rings. The number of rotatable bonds is 2. The van der Waals surface area contributed by atoms with Crippen LogP contribution < -0.4 is 15.9 Å². The summed E-state index contributed by atoms with van der Waals surface area (Å²) in [5.41, 5.74) is 3.65. The number of aromatic amines is 2. The van der Waals surface area contributed by atoms with Gasteiger partial charge in [-0.2, -0.15) is 0 Å². The predicted octanol–water partition coefficient (Wildman–Crippen LogP) is 4.17. The van der Waals surface area contributed by atoms with Crippen molar-refractivity contribution in [3.05, 3.63) is 56.6 Å². The first-order chi connectivity index (χ1) is 17.1. The molecule has 2 N–H and O–H groups in total. The van der Waals surface area contributed by atoms with Crippen molar-refractivity contribution in [1.82, 2.24) is 24.6 Å². The quantitative estimate of drug-likeness (QED) is 0.456. The summed E-state index contributed by atoms with van der Waals surface area (Å²) in [5, 5.41) is 3.81. The van der Waals surface area contributed by atoms with E-state index in [1.165, 1.54) is 19.3 Å².